The second-order valence-corrected chi connectivity index (χ2v) is 6.33. The highest BCUT2D eigenvalue weighted by Gasteiger charge is 2.15. The first-order valence-corrected chi connectivity index (χ1v) is 9.49. The van der Waals surface area contributed by atoms with Gasteiger partial charge in [-0.15, -0.1) is 0 Å². The molecule has 0 atom stereocenters. The van der Waals surface area contributed by atoms with Crippen molar-refractivity contribution >= 4 is 17.5 Å². The smallest absolute Gasteiger partial charge is 0.257 e. The Morgan fingerprint density at radius 3 is 2.17 bits per heavy atom. The maximum absolute atomic E-state index is 12.6. The first kappa shape index (κ1) is 20.1. The first-order valence-electron chi connectivity index (χ1n) is 9.49. The second kappa shape index (κ2) is 9.50. The van der Waals surface area contributed by atoms with E-state index in [1.165, 1.54) is 12.4 Å². The largest absolute Gasteiger partial charge is 0.457 e. The van der Waals surface area contributed by atoms with Gasteiger partial charge in [0, 0.05) is 31.2 Å². The van der Waals surface area contributed by atoms with Gasteiger partial charge in [0.05, 0.1) is 11.1 Å². The van der Waals surface area contributed by atoms with E-state index in [1.807, 2.05) is 44.2 Å². The molecule has 0 unspecified atom stereocenters. The van der Waals surface area contributed by atoms with Crippen molar-refractivity contribution in [2.24, 2.45) is 0 Å². The molecule has 2 aromatic carbocycles. The van der Waals surface area contributed by atoms with Crippen LogP contribution in [-0.4, -0.2) is 34.8 Å². The van der Waals surface area contributed by atoms with Gasteiger partial charge in [-0.25, -0.2) is 0 Å². The Labute approximate surface area is 170 Å². The quantitative estimate of drug-likeness (QED) is 0.641. The van der Waals surface area contributed by atoms with Gasteiger partial charge in [0.15, 0.2) is 0 Å². The standard InChI is InChI=1S/C23H23N3O3/c1-3-26(4-2)23(28)18-14-17(15-24-16-18)22(27)25-19-10-12-21(13-11-19)29-20-8-6-5-7-9-20/h5-16H,3-4H2,1-2H3,(H,25,27). The van der Waals surface area contributed by atoms with Crippen LogP contribution >= 0.6 is 0 Å². The lowest BCUT2D eigenvalue weighted by molar-refractivity contribution is 0.0772. The number of nitrogens with zero attached hydrogens (tertiary/aromatic N) is 2. The molecule has 0 aliphatic rings. The van der Waals surface area contributed by atoms with Gasteiger partial charge in [0.2, 0.25) is 0 Å². The van der Waals surface area contributed by atoms with Crippen LogP contribution in [0.15, 0.2) is 73.1 Å². The van der Waals surface area contributed by atoms with Crippen LogP contribution in [0, 0.1) is 0 Å². The number of anilines is 1. The molecule has 6 nitrogen and oxygen atoms in total. The second-order valence-electron chi connectivity index (χ2n) is 6.33. The average Bonchev–Trinajstić information content (AvgIpc) is 2.76. The topological polar surface area (TPSA) is 71.5 Å². The zero-order chi connectivity index (χ0) is 20.6. The highest BCUT2D eigenvalue weighted by molar-refractivity contribution is 6.05. The number of hydrogen-bond acceptors (Lipinski definition) is 4. The van der Waals surface area contributed by atoms with Gasteiger partial charge in [0.1, 0.15) is 11.5 Å². The van der Waals surface area contributed by atoms with Crippen LogP contribution in [0.2, 0.25) is 0 Å². The molecule has 0 bridgehead atoms. The third-order valence-electron chi connectivity index (χ3n) is 4.39. The molecule has 1 heterocycles. The summed E-state index contributed by atoms with van der Waals surface area (Å²) in [6.45, 7) is 5.03. The molecule has 0 saturated carbocycles. The predicted molar refractivity (Wildman–Crippen MR) is 112 cm³/mol. The van der Waals surface area contributed by atoms with Crippen molar-refractivity contribution in [2.45, 2.75) is 13.8 Å². The van der Waals surface area contributed by atoms with Crippen molar-refractivity contribution < 1.29 is 14.3 Å². The molecular weight excluding hydrogens is 366 g/mol. The molecule has 2 amide bonds. The van der Waals surface area contributed by atoms with E-state index in [-0.39, 0.29) is 11.8 Å². The van der Waals surface area contributed by atoms with E-state index in [2.05, 4.69) is 10.3 Å². The molecule has 0 saturated heterocycles. The third kappa shape index (κ3) is 5.19. The number of para-hydroxylation sites is 1. The summed E-state index contributed by atoms with van der Waals surface area (Å²) in [5.74, 6) is 0.940. The fraction of sp³-hybridized carbons (Fsp3) is 0.174. The Morgan fingerprint density at radius 2 is 1.52 bits per heavy atom. The molecule has 0 aliphatic carbocycles. The van der Waals surface area contributed by atoms with E-state index in [4.69, 9.17) is 4.74 Å². The van der Waals surface area contributed by atoms with Crippen LogP contribution in [-0.2, 0) is 0 Å². The Bertz CT molecular complexity index is 968. The zero-order valence-electron chi connectivity index (χ0n) is 16.5. The number of nitrogens with one attached hydrogen (secondary N) is 1. The number of carbonyl (C=O) groups is 2. The summed E-state index contributed by atoms with van der Waals surface area (Å²) < 4.78 is 5.74. The number of aromatic nitrogens is 1. The number of ether oxygens (including phenoxy) is 1. The summed E-state index contributed by atoms with van der Waals surface area (Å²) in [7, 11) is 0. The van der Waals surface area contributed by atoms with Gasteiger partial charge < -0.3 is 15.0 Å². The molecule has 3 rings (SSSR count). The highest BCUT2D eigenvalue weighted by Crippen LogP contribution is 2.23. The molecule has 1 N–H and O–H groups in total. The van der Waals surface area contributed by atoms with Crippen molar-refractivity contribution in [1.29, 1.82) is 0 Å². The van der Waals surface area contributed by atoms with Crippen LogP contribution in [0.25, 0.3) is 0 Å². The number of rotatable bonds is 7. The maximum Gasteiger partial charge on any atom is 0.257 e. The van der Waals surface area contributed by atoms with Crippen molar-refractivity contribution in [3.05, 3.63) is 84.2 Å². The van der Waals surface area contributed by atoms with E-state index in [9.17, 15) is 9.59 Å². The summed E-state index contributed by atoms with van der Waals surface area (Å²) in [4.78, 5) is 30.8. The Kier molecular flexibility index (Phi) is 6.58. The zero-order valence-corrected chi connectivity index (χ0v) is 16.5. The normalized spacial score (nSPS) is 10.3. The van der Waals surface area contributed by atoms with Gasteiger partial charge >= 0.3 is 0 Å². The third-order valence-corrected chi connectivity index (χ3v) is 4.39. The maximum atomic E-state index is 12.6. The molecule has 29 heavy (non-hydrogen) atoms. The molecular formula is C23H23N3O3. The number of benzene rings is 2. The lowest BCUT2D eigenvalue weighted by atomic mass is 10.1. The van der Waals surface area contributed by atoms with Crippen LogP contribution in [0.5, 0.6) is 11.5 Å². The van der Waals surface area contributed by atoms with Gasteiger partial charge in [-0.05, 0) is 56.3 Å². The van der Waals surface area contributed by atoms with Crippen LogP contribution < -0.4 is 10.1 Å². The fourth-order valence-corrected chi connectivity index (χ4v) is 2.81. The van der Waals surface area contributed by atoms with Crippen molar-refractivity contribution in [2.75, 3.05) is 18.4 Å². The van der Waals surface area contributed by atoms with Crippen LogP contribution in [0.1, 0.15) is 34.6 Å². The minimum Gasteiger partial charge on any atom is -0.457 e. The fourth-order valence-electron chi connectivity index (χ4n) is 2.81. The number of hydrogen-bond donors (Lipinski definition) is 1. The van der Waals surface area contributed by atoms with Crippen molar-refractivity contribution in [3.8, 4) is 11.5 Å². The Hall–Kier alpha value is -3.67. The number of pyridine rings is 1. The summed E-state index contributed by atoms with van der Waals surface area (Å²) in [6.07, 6.45) is 2.92. The summed E-state index contributed by atoms with van der Waals surface area (Å²) >= 11 is 0. The number of amides is 2. The molecule has 0 radical (unpaired) electrons. The SMILES string of the molecule is CCN(CC)C(=O)c1cncc(C(=O)Nc2ccc(Oc3ccccc3)cc2)c1. The summed E-state index contributed by atoms with van der Waals surface area (Å²) in [5.41, 5.74) is 1.34. The van der Waals surface area contributed by atoms with E-state index in [0.717, 1.165) is 5.75 Å². The number of carbonyl (C=O) groups excluding carboxylic acids is 2. The Morgan fingerprint density at radius 1 is 0.897 bits per heavy atom. The van der Waals surface area contributed by atoms with Gasteiger partial charge in [-0.1, -0.05) is 18.2 Å². The minimum absolute atomic E-state index is 0.139. The Balaban J connectivity index is 1.67. The summed E-state index contributed by atoms with van der Waals surface area (Å²) in [5, 5.41) is 2.81. The van der Waals surface area contributed by atoms with Gasteiger partial charge in [-0.3, -0.25) is 14.6 Å². The summed E-state index contributed by atoms with van der Waals surface area (Å²) in [6, 6.07) is 18.1. The van der Waals surface area contributed by atoms with Crippen molar-refractivity contribution in [1.82, 2.24) is 9.88 Å². The van der Waals surface area contributed by atoms with E-state index < -0.39 is 0 Å². The molecule has 0 aliphatic heterocycles. The first-order chi connectivity index (χ1) is 14.1. The highest BCUT2D eigenvalue weighted by atomic mass is 16.5. The van der Waals surface area contributed by atoms with Crippen molar-refractivity contribution in [3.63, 3.8) is 0 Å². The molecule has 3 aromatic rings. The predicted octanol–water partition coefficient (Wildman–Crippen LogP) is 4.61. The van der Waals surface area contributed by atoms with Crippen LogP contribution in [0.4, 0.5) is 5.69 Å². The minimum atomic E-state index is -0.330. The lowest BCUT2D eigenvalue weighted by Crippen LogP contribution is -2.30. The molecule has 6 heteroatoms. The lowest BCUT2D eigenvalue weighted by Gasteiger charge is -2.18. The molecule has 148 valence electrons. The molecule has 0 fully saturated rings. The van der Waals surface area contributed by atoms with Crippen LogP contribution in [0.3, 0.4) is 0 Å². The van der Waals surface area contributed by atoms with Gasteiger partial charge in [0.25, 0.3) is 11.8 Å². The monoisotopic (exact) mass is 389 g/mol. The van der Waals surface area contributed by atoms with E-state index in [1.54, 1.807) is 35.2 Å². The molecule has 1 aromatic heterocycles. The van der Waals surface area contributed by atoms with Gasteiger partial charge in [-0.2, -0.15) is 0 Å². The van der Waals surface area contributed by atoms with E-state index >= 15 is 0 Å². The average molecular weight is 389 g/mol. The van der Waals surface area contributed by atoms with E-state index in [0.29, 0.717) is 35.7 Å². The molecule has 0 spiro atoms.